The number of hydrogen-bond acceptors (Lipinski definition) is 7. The third-order valence-electron chi connectivity index (χ3n) is 2.77. The third-order valence-corrected chi connectivity index (χ3v) is 2.77. The van der Waals surface area contributed by atoms with Crippen LogP contribution in [0.3, 0.4) is 0 Å². The molecule has 0 amide bonds. The Morgan fingerprint density at radius 3 is 2.95 bits per heavy atom. The normalized spacial score (nSPS) is 10.6. The first kappa shape index (κ1) is 12.0. The molecule has 8 heteroatoms. The first-order valence-electron chi connectivity index (χ1n) is 5.81. The second-order valence-corrected chi connectivity index (χ2v) is 4.01. The highest BCUT2D eigenvalue weighted by molar-refractivity contribution is 5.76. The Balaban J connectivity index is 1.92. The Hall–Kier alpha value is -3.08. The zero-order chi connectivity index (χ0) is 13.9. The molecule has 20 heavy (non-hydrogen) atoms. The van der Waals surface area contributed by atoms with Gasteiger partial charge in [-0.25, -0.2) is 4.63 Å². The van der Waals surface area contributed by atoms with Gasteiger partial charge in [-0.15, -0.1) is 0 Å². The first-order valence-corrected chi connectivity index (χ1v) is 5.81. The number of nitrogen functional groups attached to an aromatic ring is 1. The summed E-state index contributed by atoms with van der Waals surface area (Å²) >= 11 is 0. The molecule has 0 spiro atoms. The van der Waals surface area contributed by atoms with Crippen molar-refractivity contribution in [2.75, 3.05) is 5.73 Å². The average Bonchev–Trinajstić information content (AvgIpc) is 3.02. The van der Waals surface area contributed by atoms with Gasteiger partial charge in [-0.05, 0) is 22.4 Å². The minimum absolute atomic E-state index is 0.0735. The summed E-state index contributed by atoms with van der Waals surface area (Å²) < 4.78 is 11.7. The van der Waals surface area contributed by atoms with Crippen molar-refractivity contribution >= 4 is 16.9 Å². The van der Waals surface area contributed by atoms with Gasteiger partial charge in [0, 0.05) is 0 Å². The Kier molecular flexibility index (Phi) is 2.93. The number of fused-ring (bicyclic) bond motifs is 1. The molecule has 0 aliphatic heterocycles. The molecule has 8 nitrogen and oxygen atoms in total. The minimum atomic E-state index is 0.0735. The number of anilines is 1. The Labute approximate surface area is 113 Å². The molecule has 0 atom stereocenters. The van der Waals surface area contributed by atoms with Crippen LogP contribution in [-0.4, -0.2) is 19.9 Å². The molecule has 0 fully saturated rings. The van der Waals surface area contributed by atoms with Crippen molar-refractivity contribution in [3.05, 3.63) is 30.0 Å². The van der Waals surface area contributed by atoms with E-state index in [-0.39, 0.29) is 19.0 Å². The predicted octanol–water partition coefficient (Wildman–Crippen LogP) is 1.10. The molecular weight excluding hydrogens is 260 g/mol. The molecule has 2 heterocycles. The molecule has 0 saturated carbocycles. The summed E-state index contributed by atoms with van der Waals surface area (Å²) in [5, 5.41) is 16.0. The zero-order valence-electron chi connectivity index (χ0n) is 10.4. The lowest BCUT2D eigenvalue weighted by atomic mass is 10.3. The minimum Gasteiger partial charge on any atom is -0.458 e. The number of imidazole rings is 1. The van der Waals surface area contributed by atoms with E-state index in [1.807, 2.05) is 24.3 Å². The third kappa shape index (κ3) is 2.01. The van der Waals surface area contributed by atoms with Gasteiger partial charge in [0.2, 0.25) is 0 Å². The van der Waals surface area contributed by atoms with E-state index in [2.05, 4.69) is 26.0 Å². The Bertz CT molecular complexity index is 785. The summed E-state index contributed by atoms with van der Waals surface area (Å²) in [4.78, 5) is 4.33. The molecule has 100 valence electrons. The second kappa shape index (κ2) is 4.89. The number of nitrogens with two attached hydrogens (primary N) is 1. The fraction of sp³-hybridized carbons (Fsp3) is 0.167. The van der Waals surface area contributed by atoms with Crippen LogP contribution in [0.4, 0.5) is 5.82 Å². The number of para-hydroxylation sites is 2. The largest absolute Gasteiger partial charge is 0.458 e. The molecule has 0 bridgehead atoms. The average molecular weight is 270 g/mol. The highest BCUT2D eigenvalue weighted by Gasteiger charge is 2.13. The fourth-order valence-electron chi connectivity index (χ4n) is 1.83. The summed E-state index contributed by atoms with van der Waals surface area (Å²) in [5.74, 6) is 0.174. The van der Waals surface area contributed by atoms with Crippen molar-refractivity contribution in [1.82, 2.24) is 19.9 Å². The van der Waals surface area contributed by atoms with E-state index in [4.69, 9.17) is 15.7 Å². The summed E-state index contributed by atoms with van der Waals surface area (Å²) in [6.07, 6.45) is 0. The maximum Gasteiger partial charge on any atom is 0.298 e. The van der Waals surface area contributed by atoms with Crippen LogP contribution in [0.2, 0.25) is 0 Å². The molecular formula is C12H10N6O2. The van der Waals surface area contributed by atoms with Gasteiger partial charge >= 0.3 is 0 Å². The van der Waals surface area contributed by atoms with E-state index < -0.39 is 0 Å². The van der Waals surface area contributed by atoms with Gasteiger partial charge in [0.15, 0.2) is 11.5 Å². The van der Waals surface area contributed by atoms with Crippen LogP contribution in [0.15, 0.2) is 28.9 Å². The monoisotopic (exact) mass is 270 g/mol. The van der Waals surface area contributed by atoms with E-state index in [0.717, 1.165) is 11.0 Å². The molecule has 3 aromatic rings. The number of hydrogen-bond donors (Lipinski definition) is 1. The lowest BCUT2D eigenvalue weighted by Crippen LogP contribution is -2.05. The van der Waals surface area contributed by atoms with Gasteiger partial charge in [-0.3, -0.25) is 4.57 Å². The number of nitriles is 1. The number of rotatable bonds is 4. The highest BCUT2D eigenvalue weighted by Crippen LogP contribution is 2.22. The van der Waals surface area contributed by atoms with Crippen LogP contribution in [-0.2, 0) is 13.2 Å². The molecule has 1 aromatic carbocycles. The molecule has 2 aromatic heterocycles. The zero-order valence-corrected chi connectivity index (χ0v) is 10.4. The van der Waals surface area contributed by atoms with E-state index in [9.17, 15) is 0 Å². The van der Waals surface area contributed by atoms with E-state index in [0.29, 0.717) is 11.7 Å². The van der Waals surface area contributed by atoms with Crippen molar-refractivity contribution in [1.29, 1.82) is 5.26 Å². The van der Waals surface area contributed by atoms with Crippen molar-refractivity contribution < 1.29 is 9.37 Å². The van der Waals surface area contributed by atoms with Gasteiger partial charge in [-0.1, -0.05) is 12.1 Å². The van der Waals surface area contributed by atoms with Crippen LogP contribution < -0.4 is 10.5 Å². The molecule has 0 saturated heterocycles. The molecule has 2 N–H and O–H groups in total. The number of nitrogens with zero attached hydrogens (tertiary/aromatic N) is 5. The van der Waals surface area contributed by atoms with Crippen LogP contribution >= 0.6 is 0 Å². The molecule has 0 unspecified atom stereocenters. The van der Waals surface area contributed by atoms with Crippen molar-refractivity contribution in [3.8, 4) is 12.1 Å². The summed E-state index contributed by atoms with van der Waals surface area (Å²) in [5.41, 5.74) is 7.52. The summed E-state index contributed by atoms with van der Waals surface area (Å²) in [6.45, 7) is 0.215. The quantitative estimate of drug-likeness (QED) is 0.754. The lowest BCUT2D eigenvalue weighted by molar-refractivity contribution is 0.250. The maximum absolute atomic E-state index is 8.91. The van der Waals surface area contributed by atoms with Crippen LogP contribution in [0, 0.1) is 11.3 Å². The fourth-order valence-corrected chi connectivity index (χ4v) is 1.83. The number of ether oxygens (including phenoxy) is 1. The second-order valence-electron chi connectivity index (χ2n) is 4.01. The highest BCUT2D eigenvalue weighted by atomic mass is 16.6. The standard InChI is InChI=1S/C12H10N6O2/c13-5-6-18-10-4-2-1-3-8(10)15-12(18)19-7-9-11(14)17-20-16-9/h1-4H,6-7H2,(H2,14,17). The lowest BCUT2D eigenvalue weighted by Gasteiger charge is -2.05. The van der Waals surface area contributed by atoms with Crippen molar-refractivity contribution in [3.63, 3.8) is 0 Å². The van der Waals surface area contributed by atoms with Crippen LogP contribution in [0.25, 0.3) is 11.0 Å². The van der Waals surface area contributed by atoms with Gasteiger partial charge < -0.3 is 10.5 Å². The SMILES string of the molecule is N#CCn1c(OCc2nonc2N)nc2ccccc21. The summed E-state index contributed by atoms with van der Waals surface area (Å²) in [7, 11) is 0. The van der Waals surface area contributed by atoms with E-state index in [1.54, 1.807) is 4.57 Å². The van der Waals surface area contributed by atoms with Gasteiger partial charge in [-0.2, -0.15) is 10.2 Å². The Morgan fingerprint density at radius 2 is 2.20 bits per heavy atom. The van der Waals surface area contributed by atoms with Gasteiger partial charge in [0.1, 0.15) is 13.2 Å². The number of aromatic nitrogens is 4. The van der Waals surface area contributed by atoms with Crippen molar-refractivity contribution in [2.45, 2.75) is 13.2 Å². The summed E-state index contributed by atoms with van der Waals surface area (Å²) in [6, 6.07) is 9.88. The molecule has 3 rings (SSSR count). The predicted molar refractivity (Wildman–Crippen MR) is 68.4 cm³/mol. The molecule has 0 aliphatic carbocycles. The van der Waals surface area contributed by atoms with Crippen molar-refractivity contribution in [2.24, 2.45) is 0 Å². The van der Waals surface area contributed by atoms with E-state index >= 15 is 0 Å². The van der Waals surface area contributed by atoms with Gasteiger partial charge in [0.05, 0.1) is 17.1 Å². The smallest absolute Gasteiger partial charge is 0.298 e. The first-order chi connectivity index (χ1) is 9.79. The van der Waals surface area contributed by atoms with Crippen LogP contribution in [0.5, 0.6) is 6.01 Å². The molecule has 0 aliphatic rings. The molecule has 0 radical (unpaired) electrons. The van der Waals surface area contributed by atoms with E-state index in [1.165, 1.54) is 0 Å². The van der Waals surface area contributed by atoms with Gasteiger partial charge in [0.25, 0.3) is 6.01 Å². The Morgan fingerprint density at radius 1 is 1.35 bits per heavy atom. The maximum atomic E-state index is 8.91. The van der Waals surface area contributed by atoms with Crippen LogP contribution in [0.1, 0.15) is 5.69 Å². The topological polar surface area (TPSA) is 116 Å². The number of benzene rings is 1.